The molecule has 0 aliphatic carbocycles. The molecule has 0 spiro atoms. The summed E-state index contributed by atoms with van der Waals surface area (Å²) in [5, 5.41) is 3.49. The summed E-state index contributed by atoms with van der Waals surface area (Å²) < 4.78 is 11.7. The van der Waals surface area contributed by atoms with Crippen LogP contribution in [0.25, 0.3) is 0 Å². The first kappa shape index (κ1) is 14.2. The van der Waals surface area contributed by atoms with Gasteiger partial charge in [0, 0.05) is 6.04 Å². The van der Waals surface area contributed by atoms with Crippen LogP contribution in [0.3, 0.4) is 0 Å². The smallest absolute Gasteiger partial charge is 0.161 e. The minimum atomic E-state index is 0.396. The second kappa shape index (κ2) is 6.80. The largest absolute Gasteiger partial charge is 0.490 e. The maximum Gasteiger partial charge on any atom is 0.161 e. The fourth-order valence-electron chi connectivity index (χ4n) is 2.42. The van der Waals surface area contributed by atoms with Crippen molar-refractivity contribution in [2.75, 3.05) is 19.8 Å². The quantitative estimate of drug-likeness (QED) is 0.852. The van der Waals surface area contributed by atoms with Gasteiger partial charge in [-0.05, 0) is 56.0 Å². The first-order valence-corrected chi connectivity index (χ1v) is 7.42. The molecule has 0 bridgehead atoms. The van der Waals surface area contributed by atoms with E-state index in [9.17, 15) is 0 Å². The molecule has 106 valence electrons. The molecular formula is C16H25NO2. The lowest BCUT2D eigenvalue weighted by atomic mass is 9.94. The lowest BCUT2D eigenvalue weighted by Gasteiger charge is -2.26. The van der Waals surface area contributed by atoms with Gasteiger partial charge in [-0.15, -0.1) is 0 Å². The summed E-state index contributed by atoms with van der Waals surface area (Å²) in [7, 11) is 0. The Morgan fingerprint density at radius 1 is 1.11 bits per heavy atom. The van der Waals surface area contributed by atoms with Crippen molar-refractivity contribution in [1.29, 1.82) is 0 Å². The minimum Gasteiger partial charge on any atom is -0.490 e. The second-order valence-electron chi connectivity index (χ2n) is 5.12. The van der Waals surface area contributed by atoms with E-state index in [-0.39, 0.29) is 0 Å². The summed E-state index contributed by atoms with van der Waals surface area (Å²) in [6.45, 7) is 8.97. The third kappa shape index (κ3) is 3.41. The van der Waals surface area contributed by atoms with Crippen molar-refractivity contribution in [2.24, 2.45) is 0 Å². The summed E-state index contributed by atoms with van der Waals surface area (Å²) in [4.78, 5) is 0. The molecule has 0 radical (unpaired) electrons. The van der Waals surface area contributed by atoms with Crippen LogP contribution in [-0.2, 0) is 6.42 Å². The number of hydrogen-bond donors (Lipinski definition) is 1. The van der Waals surface area contributed by atoms with Gasteiger partial charge >= 0.3 is 0 Å². The number of ether oxygens (including phenoxy) is 2. The highest BCUT2D eigenvalue weighted by atomic mass is 16.5. The Morgan fingerprint density at radius 2 is 1.74 bits per heavy atom. The monoisotopic (exact) mass is 263 g/mol. The van der Waals surface area contributed by atoms with E-state index < -0.39 is 0 Å². The van der Waals surface area contributed by atoms with E-state index in [1.165, 1.54) is 11.1 Å². The summed E-state index contributed by atoms with van der Waals surface area (Å²) in [5.74, 6) is 1.80. The van der Waals surface area contributed by atoms with Crippen LogP contribution in [0.15, 0.2) is 12.1 Å². The van der Waals surface area contributed by atoms with E-state index in [2.05, 4.69) is 38.2 Å². The van der Waals surface area contributed by atoms with Crippen molar-refractivity contribution in [1.82, 2.24) is 5.32 Å². The molecule has 3 nitrogen and oxygen atoms in total. The third-order valence-electron chi connectivity index (χ3n) is 3.44. The van der Waals surface area contributed by atoms with Crippen LogP contribution in [0, 0.1) is 0 Å². The molecule has 0 saturated heterocycles. The van der Waals surface area contributed by atoms with E-state index in [4.69, 9.17) is 9.47 Å². The summed E-state index contributed by atoms with van der Waals surface area (Å²) in [5.41, 5.74) is 2.74. The van der Waals surface area contributed by atoms with Crippen molar-refractivity contribution < 1.29 is 9.47 Å². The van der Waals surface area contributed by atoms with E-state index >= 15 is 0 Å². The fraction of sp³-hybridized carbons (Fsp3) is 0.625. The Kier molecular flexibility index (Phi) is 5.08. The van der Waals surface area contributed by atoms with Crippen LogP contribution in [0.4, 0.5) is 0 Å². The molecule has 19 heavy (non-hydrogen) atoms. The highest BCUT2D eigenvalue weighted by Gasteiger charge is 2.19. The predicted octanol–water partition coefficient (Wildman–Crippen LogP) is 3.47. The van der Waals surface area contributed by atoms with E-state index in [1.54, 1.807) is 0 Å². The van der Waals surface area contributed by atoms with Crippen LogP contribution in [-0.4, -0.2) is 19.8 Å². The van der Waals surface area contributed by atoms with Gasteiger partial charge in [0.1, 0.15) is 0 Å². The van der Waals surface area contributed by atoms with Crippen molar-refractivity contribution >= 4 is 0 Å². The van der Waals surface area contributed by atoms with Crippen LogP contribution < -0.4 is 14.8 Å². The average molecular weight is 263 g/mol. The van der Waals surface area contributed by atoms with Gasteiger partial charge in [0.25, 0.3) is 0 Å². The van der Waals surface area contributed by atoms with Gasteiger partial charge in [0.2, 0.25) is 0 Å². The Hall–Kier alpha value is -1.22. The molecule has 1 aromatic carbocycles. The lowest BCUT2D eigenvalue weighted by Crippen LogP contribution is -2.27. The zero-order valence-electron chi connectivity index (χ0n) is 12.3. The zero-order valence-corrected chi connectivity index (χ0v) is 12.3. The second-order valence-corrected chi connectivity index (χ2v) is 5.12. The van der Waals surface area contributed by atoms with E-state index in [0.29, 0.717) is 6.04 Å². The highest BCUT2D eigenvalue weighted by molar-refractivity contribution is 5.49. The lowest BCUT2D eigenvalue weighted by molar-refractivity contribution is 0.267. The molecule has 1 N–H and O–H groups in total. The van der Waals surface area contributed by atoms with Gasteiger partial charge in [-0.1, -0.05) is 13.8 Å². The first-order chi connectivity index (χ1) is 9.26. The molecule has 0 saturated carbocycles. The van der Waals surface area contributed by atoms with Crippen LogP contribution in [0.5, 0.6) is 11.5 Å². The predicted molar refractivity (Wildman–Crippen MR) is 78.1 cm³/mol. The number of fused-ring (bicyclic) bond motifs is 1. The number of rotatable bonds is 6. The van der Waals surface area contributed by atoms with Crippen LogP contribution in [0.1, 0.15) is 50.8 Å². The molecule has 3 heteroatoms. The van der Waals surface area contributed by atoms with Gasteiger partial charge in [-0.25, -0.2) is 0 Å². The molecular weight excluding hydrogens is 238 g/mol. The Morgan fingerprint density at radius 3 is 2.37 bits per heavy atom. The Balaban J connectivity index is 2.28. The summed E-state index contributed by atoms with van der Waals surface area (Å²) in [6.07, 6.45) is 3.09. The zero-order chi connectivity index (χ0) is 13.7. The van der Waals surface area contributed by atoms with Crippen molar-refractivity contribution in [3.05, 3.63) is 23.3 Å². The maximum absolute atomic E-state index is 5.84. The van der Waals surface area contributed by atoms with Gasteiger partial charge in [-0.3, -0.25) is 0 Å². The number of hydrogen-bond acceptors (Lipinski definition) is 3. The summed E-state index contributed by atoms with van der Waals surface area (Å²) in [6, 6.07) is 4.73. The molecule has 0 fully saturated rings. The highest BCUT2D eigenvalue weighted by Crippen LogP contribution is 2.35. The van der Waals surface area contributed by atoms with E-state index in [0.717, 1.165) is 50.5 Å². The first-order valence-electron chi connectivity index (χ1n) is 7.42. The van der Waals surface area contributed by atoms with Crippen molar-refractivity contribution in [2.45, 2.75) is 46.1 Å². The van der Waals surface area contributed by atoms with Crippen molar-refractivity contribution in [3.63, 3.8) is 0 Å². The molecule has 1 aliphatic heterocycles. The van der Waals surface area contributed by atoms with Crippen LogP contribution >= 0.6 is 0 Å². The molecule has 0 aromatic heterocycles. The average Bonchev–Trinajstić information content (AvgIpc) is 2.43. The molecule has 2 rings (SSSR count). The Bertz CT molecular complexity index is 417. The molecule has 1 aliphatic rings. The fourth-order valence-corrected chi connectivity index (χ4v) is 2.42. The van der Waals surface area contributed by atoms with Gasteiger partial charge < -0.3 is 14.8 Å². The molecule has 1 atom stereocenters. The molecule has 1 unspecified atom stereocenters. The topological polar surface area (TPSA) is 30.5 Å². The Labute approximate surface area is 116 Å². The van der Waals surface area contributed by atoms with Gasteiger partial charge in [-0.2, -0.15) is 0 Å². The minimum absolute atomic E-state index is 0.396. The number of nitrogens with one attached hydrogen (secondary N) is 1. The van der Waals surface area contributed by atoms with Gasteiger partial charge in [0.05, 0.1) is 13.2 Å². The van der Waals surface area contributed by atoms with Crippen molar-refractivity contribution in [3.8, 4) is 11.5 Å². The maximum atomic E-state index is 5.84. The van der Waals surface area contributed by atoms with Crippen LogP contribution in [0.2, 0.25) is 0 Å². The standard InChI is InChI=1S/C16H25NO2/c1-4-8-18-15-10-13-6-7-17-12(3)14(13)11-16(15)19-9-5-2/h10-12,17H,4-9H2,1-3H3. The normalized spacial score (nSPS) is 17.9. The van der Waals surface area contributed by atoms with E-state index in [1.807, 2.05) is 0 Å². The molecule has 1 aromatic rings. The number of benzene rings is 1. The SMILES string of the molecule is CCCOc1cc2c(cc1OCCC)C(C)NCC2. The summed E-state index contributed by atoms with van der Waals surface area (Å²) >= 11 is 0. The molecule has 1 heterocycles. The van der Waals surface area contributed by atoms with Gasteiger partial charge in [0.15, 0.2) is 11.5 Å². The third-order valence-corrected chi connectivity index (χ3v) is 3.44. The molecule has 0 amide bonds.